The maximum atomic E-state index is 13.4. The first-order chi connectivity index (χ1) is 16.0. The van der Waals surface area contributed by atoms with E-state index < -0.39 is 12.1 Å². The highest BCUT2D eigenvalue weighted by Crippen LogP contribution is 2.21. The summed E-state index contributed by atoms with van der Waals surface area (Å²) in [6.07, 6.45) is 8.44. The summed E-state index contributed by atoms with van der Waals surface area (Å²) in [6.45, 7) is 3.36. The maximum Gasteiger partial charge on any atom is 0.317 e. The van der Waals surface area contributed by atoms with Gasteiger partial charge in [0, 0.05) is 44.4 Å². The summed E-state index contributed by atoms with van der Waals surface area (Å²) in [5.41, 5.74) is 0. The van der Waals surface area contributed by atoms with Crippen LogP contribution < -0.4 is 21.3 Å². The van der Waals surface area contributed by atoms with Crippen molar-refractivity contribution in [3.8, 4) is 0 Å². The number of nitrogens with zero attached hydrogens (tertiary/aromatic N) is 2. The first-order valence-electron chi connectivity index (χ1n) is 12.8. The lowest BCUT2D eigenvalue weighted by molar-refractivity contribution is -0.664. The summed E-state index contributed by atoms with van der Waals surface area (Å²) in [4.78, 5) is 55.1. The van der Waals surface area contributed by atoms with Crippen molar-refractivity contribution in [1.29, 1.82) is 0 Å². The van der Waals surface area contributed by atoms with Gasteiger partial charge in [0.25, 0.3) is 0 Å². The molecule has 5 N–H and O–H groups in total. The van der Waals surface area contributed by atoms with Crippen molar-refractivity contribution >= 4 is 23.8 Å². The zero-order valence-electron chi connectivity index (χ0n) is 19.5. The normalized spacial score (nSPS) is 27.6. The van der Waals surface area contributed by atoms with Gasteiger partial charge in [0.2, 0.25) is 17.7 Å². The third-order valence-corrected chi connectivity index (χ3v) is 7.58. The Morgan fingerprint density at radius 3 is 2.39 bits per heavy atom. The van der Waals surface area contributed by atoms with Crippen molar-refractivity contribution in [2.45, 2.75) is 75.9 Å². The van der Waals surface area contributed by atoms with E-state index in [1.807, 2.05) is 0 Å². The average molecular weight is 464 g/mol. The second kappa shape index (κ2) is 11.2. The van der Waals surface area contributed by atoms with Gasteiger partial charge in [-0.05, 0) is 25.7 Å². The lowest BCUT2D eigenvalue weighted by atomic mass is 9.94. The number of nitrogens with one attached hydrogen (secondary N) is 3. The highest BCUT2D eigenvalue weighted by atomic mass is 16.2. The number of quaternary nitrogens is 1. The van der Waals surface area contributed by atoms with E-state index in [0.717, 1.165) is 58.0 Å². The quantitative estimate of drug-likeness (QED) is 0.422. The Balaban J connectivity index is 1.44. The summed E-state index contributed by atoms with van der Waals surface area (Å²) >= 11 is 0. The van der Waals surface area contributed by atoms with E-state index in [1.165, 1.54) is 6.42 Å². The molecule has 0 aromatic rings. The molecule has 33 heavy (non-hydrogen) atoms. The summed E-state index contributed by atoms with van der Waals surface area (Å²) in [7, 11) is 0. The number of carbonyl (C=O) groups excluding carboxylic acids is 4. The molecule has 10 nitrogen and oxygen atoms in total. The van der Waals surface area contributed by atoms with Crippen LogP contribution in [0.5, 0.6) is 0 Å². The smallest absolute Gasteiger partial charge is 0.317 e. The predicted octanol–water partition coefficient (Wildman–Crippen LogP) is -1.09. The van der Waals surface area contributed by atoms with Gasteiger partial charge in [0.15, 0.2) is 0 Å². The van der Waals surface area contributed by atoms with Gasteiger partial charge in [-0.25, -0.2) is 4.79 Å². The standard InChI is InChI=1S/C23H38N6O4/c30-20-18(7-4-10-25-20)27-21(31)19-15-28(23(33)26-17-5-2-1-3-6-17)13-14-29(19)22(32)16-8-11-24-12-9-16/h16-19,24H,1-15H2,(H,25,30)(H,26,33)(H,27,31)/p+1/t18-,19-/m0/s1. The van der Waals surface area contributed by atoms with E-state index in [-0.39, 0.29) is 42.3 Å². The van der Waals surface area contributed by atoms with Crippen LogP contribution in [-0.4, -0.2) is 90.9 Å². The fourth-order valence-electron chi connectivity index (χ4n) is 5.55. The van der Waals surface area contributed by atoms with E-state index in [4.69, 9.17) is 0 Å². The Hall–Kier alpha value is -2.36. The van der Waals surface area contributed by atoms with Crippen molar-refractivity contribution < 1.29 is 24.5 Å². The molecule has 1 aliphatic carbocycles. The lowest BCUT2D eigenvalue weighted by Crippen LogP contribution is -2.86. The van der Waals surface area contributed by atoms with Gasteiger partial charge in [-0.1, -0.05) is 19.3 Å². The Morgan fingerprint density at radius 2 is 1.67 bits per heavy atom. The summed E-state index contributed by atoms with van der Waals surface area (Å²) < 4.78 is 0. The van der Waals surface area contributed by atoms with Crippen LogP contribution in [0.4, 0.5) is 4.79 Å². The molecule has 0 spiro atoms. The molecule has 0 unspecified atom stereocenters. The number of urea groups is 1. The van der Waals surface area contributed by atoms with Crippen LogP contribution in [-0.2, 0) is 14.4 Å². The number of piperazine rings is 1. The Labute approximate surface area is 195 Å². The molecule has 3 saturated heterocycles. The minimum absolute atomic E-state index is 0.00341. The zero-order chi connectivity index (χ0) is 23.2. The van der Waals surface area contributed by atoms with Gasteiger partial charge in [-0.3, -0.25) is 14.4 Å². The molecular formula is C23H39N6O4+. The SMILES string of the molecule is O=C1NCCC[C@@H]1NC(=O)[C@@H]1CN(C(=O)NC2CCCCC2)CCN1C(=O)C1CC[NH2+]CC1. The Morgan fingerprint density at radius 1 is 0.909 bits per heavy atom. The number of amides is 5. The maximum absolute atomic E-state index is 13.4. The van der Waals surface area contributed by atoms with Crippen molar-refractivity contribution in [3.05, 3.63) is 0 Å². The summed E-state index contributed by atoms with van der Waals surface area (Å²) in [5.74, 6) is -0.601. The number of hydrogen-bond acceptors (Lipinski definition) is 4. The van der Waals surface area contributed by atoms with Gasteiger partial charge >= 0.3 is 6.03 Å². The molecule has 4 fully saturated rings. The fourth-order valence-corrected chi connectivity index (χ4v) is 5.55. The van der Waals surface area contributed by atoms with Gasteiger partial charge in [-0.2, -0.15) is 0 Å². The molecule has 0 aromatic heterocycles. The number of piperidine rings is 2. The monoisotopic (exact) mass is 463 g/mol. The average Bonchev–Trinajstić information content (AvgIpc) is 2.85. The molecule has 0 aromatic carbocycles. The molecule has 3 heterocycles. The molecule has 2 atom stereocenters. The lowest BCUT2D eigenvalue weighted by Gasteiger charge is -2.43. The summed E-state index contributed by atoms with van der Waals surface area (Å²) in [6, 6.07) is -1.33. The molecule has 5 amide bonds. The largest absolute Gasteiger partial charge is 0.354 e. The van der Waals surface area contributed by atoms with E-state index in [2.05, 4.69) is 21.3 Å². The van der Waals surface area contributed by atoms with Crippen molar-refractivity contribution in [2.75, 3.05) is 39.3 Å². The first kappa shape index (κ1) is 23.8. The van der Waals surface area contributed by atoms with Gasteiger partial charge in [0.05, 0.1) is 19.6 Å². The number of hydrogen-bond donors (Lipinski definition) is 4. The molecular weight excluding hydrogens is 424 g/mol. The number of rotatable bonds is 4. The van der Waals surface area contributed by atoms with Crippen LogP contribution >= 0.6 is 0 Å². The van der Waals surface area contributed by atoms with Crippen molar-refractivity contribution in [2.24, 2.45) is 5.92 Å². The van der Waals surface area contributed by atoms with E-state index in [9.17, 15) is 19.2 Å². The Bertz CT molecular complexity index is 734. The van der Waals surface area contributed by atoms with E-state index >= 15 is 0 Å². The van der Waals surface area contributed by atoms with Crippen LogP contribution in [0.1, 0.15) is 57.8 Å². The number of carbonyl (C=O) groups is 4. The van der Waals surface area contributed by atoms with Gasteiger partial charge < -0.3 is 31.1 Å². The molecule has 3 aliphatic heterocycles. The first-order valence-corrected chi connectivity index (χ1v) is 12.8. The zero-order valence-corrected chi connectivity index (χ0v) is 19.5. The molecule has 0 bridgehead atoms. The van der Waals surface area contributed by atoms with Crippen LogP contribution in [0.3, 0.4) is 0 Å². The minimum atomic E-state index is -0.774. The molecule has 10 heteroatoms. The highest BCUT2D eigenvalue weighted by Gasteiger charge is 2.41. The molecule has 184 valence electrons. The predicted molar refractivity (Wildman–Crippen MR) is 121 cm³/mol. The van der Waals surface area contributed by atoms with Crippen LogP contribution in [0, 0.1) is 5.92 Å². The van der Waals surface area contributed by atoms with Crippen LogP contribution in [0.25, 0.3) is 0 Å². The summed E-state index contributed by atoms with van der Waals surface area (Å²) in [5, 5.41) is 11.0. The van der Waals surface area contributed by atoms with E-state index in [0.29, 0.717) is 26.1 Å². The van der Waals surface area contributed by atoms with Crippen LogP contribution in [0.15, 0.2) is 0 Å². The van der Waals surface area contributed by atoms with Crippen molar-refractivity contribution in [3.63, 3.8) is 0 Å². The third-order valence-electron chi connectivity index (χ3n) is 7.58. The minimum Gasteiger partial charge on any atom is -0.354 e. The highest BCUT2D eigenvalue weighted by molar-refractivity contribution is 5.93. The van der Waals surface area contributed by atoms with Gasteiger partial charge in [0.1, 0.15) is 12.1 Å². The van der Waals surface area contributed by atoms with Gasteiger partial charge in [-0.15, -0.1) is 0 Å². The second-order valence-electron chi connectivity index (χ2n) is 9.91. The third kappa shape index (κ3) is 5.96. The molecule has 4 rings (SSSR count). The molecule has 0 radical (unpaired) electrons. The van der Waals surface area contributed by atoms with Crippen LogP contribution in [0.2, 0.25) is 0 Å². The topological polar surface area (TPSA) is 127 Å². The molecule has 4 aliphatic rings. The Kier molecular flexibility index (Phi) is 8.06. The number of nitrogens with two attached hydrogens (primary N) is 1. The van der Waals surface area contributed by atoms with Crippen molar-refractivity contribution in [1.82, 2.24) is 25.8 Å². The molecule has 1 saturated carbocycles. The van der Waals surface area contributed by atoms with E-state index in [1.54, 1.807) is 9.80 Å². The fraction of sp³-hybridized carbons (Fsp3) is 0.826. The second-order valence-corrected chi connectivity index (χ2v) is 9.91.